The molecular formula is C19H23N3O. The standard InChI is InChI=1S/C19H23N3O/c23-19(18-6-1-2-9-21-18)16-4-3-5-17(19)14-22(13-16)12-15-7-10-20-11-8-15/h1-2,6-11,16-17,23H,3-5,12-14H2/t16-,17+,19?. The quantitative estimate of drug-likeness (QED) is 0.947. The van der Waals surface area contributed by atoms with E-state index in [2.05, 4.69) is 27.0 Å². The first-order chi connectivity index (χ1) is 11.3. The molecule has 0 radical (unpaired) electrons. The van der Waals surface area contributed by atoms with Gasteiger partial charge in [-0.2, -0.15) is 0 Å². The van der Waals surface area contributed by atoms with Crippen molar-refractivity contribution in [2.24, 2.45) is 11.8 Å². The molecule has 4 heteroatoms. The zero-order chi connectivity index (χ0) is 15.7. The summed E-state index contributed by atoms with van der Waals surface area (Å²) in [5, 5.41) is 11.5. The van der Waals surface area contributed by atoms with Crippen LogP contribution in [0.1, 0.15) is 30.5 Å². The van der Waals surface area contributed by atoms with Gasteiger partial charge in [-0.1, -0.05) is 12.5 Å². The third-order valence-corrected chi connectivity index (χ3v) is 5.54. The smallest absolute Gasteiger partial charge is 0.114 e. The lowest BCUT2D eigenvalue weighted by atomic mass is 9.64. The topological polar surface area (TPSA) is 49.3 Å². The Labute approximate surface area is 137 Å². The predicted octanol–water partition coefficient (Wildman–Crippen LogP) is 2.60. The van der Waals surface area contributed by atoms with E-state index in [4.69, 9.17) is 0 Å². The van der Waals surface area contributed by atoms with Crippen molar-refractivity contribution in [3.05, 3.63) is 60.2 Å². The van der Waals surface area contributed by atoms with Crippen molar-refractivity contribution in [1.29, 1.82) is 0 Å². The van der Waals surface area contributed by atoms with Crippen LogP contribution in [0.3, 0.4) is 0 Å². The van der Waals surface area contributed by atoms with Crippen LogP contribution >= 0.6 is 0 Å². The first-order valence-corrected chi connectivity index (χ1v) is 8.52. The van der Waals surface area contributed by atoms with Gasteiger partial charge in [-0.3, -0.25) is 14.9 Å². The van der Waals surface area contributed by atoms with E-state index in [-0.39, 0.29) is 11.8 Å². The second-order valence-electron chi connectivity index (χ2n) is 6.91. The molecular weight excluding hydrogens is 286 g/mol. The molecule has 2 bridgehead atoms. The van der Waals surface area contributed by atoms with Crippen molar-refractivity contribution in [1.82, 2.24) is 14.9 Å². The lowest BCUT2D eigenvalue weighted by Crippen LogP contribution is -2.58. The van der Waals surface area contributed by atoms with E-state index >= 15 is 0 Å². The molecule has 1 unspecified atom stereocenters. The maximum Gasteiger partial charge on any atom is 0.114 e. The number of pyridine rings is 2. The van der Waals surface area contributed by atoms with E-state index in [1.165, 1.54) is 12.0 Å². The Morgan fingerprint density at radius 1 is 1.04 bits per heavy atom. The Balaban J connectivity index is 1.57. The van der Waals surface area contributed by atoms with Crippen molar-refractivity contribution in [2.75, 3.05) is 13.1 Å². The van der Waals surface area contributed by atoms with Gasteiger partial charge in [0.05, 0.1) is 5.69 Å². The third kappa shape index (κ3) is 2.66. The summed E-state index contributed by atoms with van der Waals surface area (Å²) in [6.07, 6.45) is 8.88. The van der Waals surface area contributed by atoms with Gasteiger partial charge in [0, 0.05) is 50.1 Å². The number of fused-ring (bicyclic) bond motifs is 2. The van der Waals surface area contributed by atoms with Gasteiger partial charge in [0.1, 0.15) is 5.60 Å². The average Bonchev–Trinajstić information content (AvgIpc) is 2.58. The zero-order valence-corrected chi connectivity index (χ0v) is 13.3. The number of aromatic nitrogens is 2. The van der Waals surface area contributed by atoms with E-state index in [0.29, 0.717) is 0 Å². The summed E-state index contributed by atoms with van der Waals surface area (Å²) in [5.74, 6) is 0.540. The summed E-state index contributed by atoms with van der Waals surface area (Å²) >= 11 is 0. The van der Waals surface area contributed by atoms with Crippen molar-refractivity contribution in [3.8, 4) is 0 Å². The fourth-order valence-corrected chi connectivity index (χ4v) is 4.44. The van der Waals surface area contributed by atoms with Crippen LogP contribution < -0.4 is 0 Å². The summed E-state index contributed by atoms with van der Waals surface area (Å²) in [6.45, 7) is 2.81. The second kappa shape index (κ2) is 6.02. The van der Waals surface area contributed by atoms with Crippen LogP contribution in [0.2, 0.25) is 0 Å². The third-order valence-electron chi connectivity index (χ3n) is 5.54. The van der Waals surface area contributed by atoms with Crippen LogP contribution in [0.15, 0.2) is 48.9 Å². The van der Waals surface area contributed by atoms with Crippen LogP contribution in [0, 0.1) is 11.8 Å². The Kier molecular flexibility index (Phi) is 3.87. The molecule has 1 aliphatic heterocycles. The van der Waals surface area contributed by atoms with Crippen molar-refractivity contribution >= 4 is 0 Å². The lowest BCUT2D eigenvalue weighted by Gasteiger charge is -2.52. The van der Waals surface area contributed by atoms with Gasteiger partial charge in [-0.25, -0.2) is 0 Å². The van der Waals surface area contributed by atoms with Crippen LogP contribution in [-0.2, 0) is 12.1 Å². The number of nitrogens with zero attached hydrogens (tertiary/aromatic N) is 3. The monoisotopic (exact) mass is 309 g/mol. The Morgan fingerprint density at radius 2 is 1.78 bits per heavy atom. The molecule has 4 nitrogen and oxygen atoms in total. The minimum absolute atomic E-state index is 0.270. The highest BCUT2D eigenvalue weighted by atomic mass is 16.3. The Bertz CT molecular complexity index is 632. The number of hydrogen-bond donors (Lipinski definition) is 1. The summed E-state index contributed by atoms with van der Waals surface area (Å²) < 4.78 is 0. The minimum Gasteiger partial charge on any atom is -0.383 e. The molecule has 2 aromatic rings. The van der Waals surface area contributed by atoms with E-state index in [1.54, 1.807) is 6.20 Å². The number of aliphatic hydroxyl groups is 1. The van der Waals surface area contributed by atoms with Gasteiger partial charge in [0.2, 0.25) is 0 Å². The largest absolute Gasteiger partial charge is 0.383 e. The van der Waals surface area contributed by atoms with Crippen LogP contribution in [-0.4, -0.2) is 33.1 Å². The van der Waals surface area contributed by atoms with Gasteiger partial charge >= 0.3 is 0 Å². The molecule has 1 saturated heterocycles. The van der Waals surface area contributed by atoms with Crippen LogP contribution in [0.25, 0.3) is 0 Å². The molecule has 1 saturated carbocycles. The number of likely N-dealkylation sites (tertiary alicyclic amines) is 1. The van der Waals surface area contributed by atoms with E-state index in [0.717, 1.165) is 38.2 Å². The molecule has 0 aromatic carbocycles. The summed E-state index contributed by atoms with van der Waals surface area (Å²) in [4.78, 5) is 11.1. The lowest BCUT2D eigenvalue weighted by molar-refractivity contribution is -0.151. The Hall–Kier alpha value is -1.78. The van der Waals surface area contributed by atoms with Gasteiger partial charge in [-0.15, -0.1) is 0 Å². The molecule has 120 valence electrons. The van der Waals surface area contributed by atoms with Gasteiger partial charge in [-0.05, 0) is 42.7 Å². The van der Waals surface area contributed by atoms with E-state index in [9.17, 15) is 5.11 Å². The Morgan fingerprint density at radius 3 is 2.43 bits per heavy atom. The van der Waals surface area contributed by atoms with E-state index < -0.39 is 5.60 Å². The molecule has 0 amide bonds. The van der Waals surface area contributed by atoms with E-state index in [1.807, 2.05) is 30.6 Å². The van der Waals surface area contributed by atoms with Crippen LogP contribution in [0.5, 0.6) is 0 Å². The minimum atomic E-state index is -0.756. The molecule has 23 heavy (non-hydrogen) atoms. The fourth-order valence-electron chi connectivity index (χ4n) is 4.44. The zero-order valence-electron chi connectivity index (χ0n) is 13.3. The normalized spacial score (nSPS) is 31.0. The maximum atomic E-state index is 11.5. The summed E-state index contributed by atoms with van der Waals surface area (Å²) in [5.41, 5.74) is 1.40. The summed E-state index contributed by atoms with van der Waals surface area (Å²) in [6, 6.07) is 10.1. The maximum absolute atomic E-state index is 11.5. The highest BCUT2D eigenvalue weighted by Gasteiger charge is 2.52. The SMILES string of the molecule is OC1(c2ccccn2)[C@@H]2CCC[C@H]1CN(Cc1ccncc1)C2. The highest BCUT2D eigenvalue weighted by Crippen LogP contribution is 2.48. The molecule has 3 heterocycles. The number of piperidine rings is 1. The first-order valence-electron chi connectivity index (χ1n) is 8.52. The summed E-state index contributed by atoms with van der Waals surface area (Å²) in [7, 11) is 0. The molecule has 1 aliphatic carbocycles. The molecule has 4 rings (SSSR count). The van der Waals surface area contributed by atoms with Crippen LogP contribution in [0.4, 0.5) is 0 Å². The molecule has 3 atom stereocenters. The molecule has 0 spiro atoms. The highest BCUT2D eigenvalue weighted by molar-refractivity contribution is 5.20. The van der Waals surface area contributed by atoms with Gasteiger partial charge in [0.25, 0.3) is 0 Å². The predicted molar refractivity (Wildman–Crippen MR) is 88.5 cm³/mol. The average molecular weight is 309 g/mol. The van der Waals surface area contributed by atoms with Crippen molar-refractivity contribution < 1.29 is 5.11 Å². The number of hydrogen-bond acceptors (Lipinski definition) is 4. The molecule has 2 fully saturated rings. The number of rotatable bonds is 3. The second-order valence-corrected chi connectivity index (χ2v) is 6.91. The van der Waals surface area contributed by atoms with Gasteiger partial charge in [0.15, 0.2) is 0 Å². The molecule has 1 N–H and O–H groups in total. The van der Waals surface area contributed by atoms with Gasteiger partial charge < -0.3 is 5.11 Å². The van der Waals surface area contributed by atoms with Crippen molar-refractivity contribution in [3.63, 3.8) is 0 Å². The molecule has 2 aromatic heterocycles. The van der Waals surface area contributed by atoms with Crippen molar-refractivity contribution in [2.45, 2.75) is 31.4 Å². The first kappa shape index (κ1) is 14.8. The molecule has 2 aliphatic rings. The fraction of sp³-hybridized carbons (Fsp3) is 0.474.